The summed E-state index contributed by atoms with van der Waals surface area (Å²) < 4.78 is 7.22. The summed E-state index contributed by atoms with van der Waals surface area (Å²) >= 11 is 0. The molecule has 0 unspecified atom stereocenters. The van der Waals surface area contributed by atoms with Gasteiger partial charge >= 0.3 is 0 Å². The maximum absolute atomic E-state index is 2.49. The van der Waals surface area contributed by atoms with Crippen LogP contribution in [0.2, 0.25) is 0 Å². The number of anilines is 3. The van der Waals surface area contributed by atoms with Crippen molar-refractivity contribution >= 4 is 82.5 Å². The maximum Gasteiger partial charge on any atom is 0.0541 e. The molecule has 2 aliphatic rings. The molecular weight excluding hydrogens is 1140 g/mol. The van der Waals surface area contributed by atoms with E-state index in [9.17, 15) is 0 Å². The maximum atomic E-state index is 2.49. The van der Waals surface area contributed by atoms with Crippen molar-refractivity contribution in [2.45, 2.75) is 38.5 Å². The van der Waals surface area contributed by atoms with Crippen LogP contribution in [0.5, 0.6) is 0 Å². The van der Waals surface area contributed by atoms with Gasteiger partial charge in [0, 0.05) is 77.3 Å². The molecule has 0 saturated heterocycles. The van der Waals surface area contributed by atoms with Gasteiger partial charge in [0.15, 0.2) is 0 Å². The van der Waals surface area contributed by atoms with Crippen molar-refractivity contribution in [1.82, 2.24) is 13.7 Å². The lowest BCUT2D eigenvalue weighted by Gasteiger charge is -2.30. The number of hydrogen-bond donors (Lipinski definition) is 0. The number of fused-ring (bicyclic) bond motifs is 15. The SMILES string of the molecule is CC1(C)c2cc(-c3ccc4c(c3)c3ccccc3n4-c3ccccc3)ccc2-c2ccc(N(c3ccc(-c4ccc(-c5ccc6c(c5)c5ccccc5n6-c5ccccc5)cc4)cc3)c3ccc4c(c3)C(C)(C)c3cc(-n5c6ccccc6c6ccccc65)ccc3-4)cc21. The van der Waals surface area contributed by atoms with Crippen LogP contribution in [-0.2, 0) is 10.8 Å². The largest absolute Gasteiger partial charge is 0.310 e. The van der Waals surface area contributed by atoms with Crippen LogP contribution in [0.25, 0.3) is 138 Å². The topological polar surface area (TPSA) is 18.0 Å². The van der Waals surface area contributed by atoms with Gasteiger partial charge in [-0.3, -0.25) is 0 Å². The molecule has 3 aromatic heterocycles. The molecule has 0 aliphatic heterocycles. The Morgan fingerprint density at radius 1 is 0.213 bits per heavy atom. The molecule has 17 aromatic rings. The molecule has 94 heavy (non-hydrogen) atoms. The highest BCUT2D eigenvalue weighted by molar-refractivity contribution is 6.13. The third-order valence-corrected chi connectivity index (χ3v) is 21.0. The summed E-state index contributed by atoms with van der Waals surface area (Å²) in [5.74, 6) is 0. The second-order valence-electron chi connectivity index (χ2n) is 26.9. The zero-order chi connectivity index (χ0) is 62.6. The molecule has 0 bridgehead atoms. The van der Waals surface area contributed by atoms with Crippen LogP contribution < -0.4 is 4.90 Å². The molecule has 14 aromatic carbocycles. The van der Waals surface area contributed by atoms with Gasteiger partial charge in [0.1, 0.15) is 0 Å². The van der Waals surface area contributed by atoms with E-state index in [1.165, 1.54) is 160 Å². The van der Waals surface area contributed by atoms with E-state index in [-0.39, 0.29) is 10.8 Å². The minimum Gasteiger partial charge on any atom is -0.310 e. The molecular formula is C90H64N4. The highest BCUT2D eigenvalue weighted by Gasteiger charge is 2.39. The van der Waals surface area contributed by atoms with Crippen molar-refractivity contribution in [2.24, 2.45) is 0 Å². The fourth-order valence-corrected chi connectivity index (χ4v) is 16.4. The first-order chi connectivity index (χ1) is 46.1. The van der Waals surface area contributed by atoms with Crippen molar-refractivity contribution in [3.63, 3.8) is 0 Å². The van der Waals surface area contributed by atoms with Gasteiger partial charge in [-0.2, -0.15) is 0 Å². The van der Waals surface area contributed by atoms with Gasteiger partial charge in [-0.05, 0) is 205 Å². The second-order valence-corrected chi connectivity index (χ2v) is 26.9. The number of benzene rings is 14. The molecule has 0 spiro atoms. The fraction of sp³-hybridized carbons (Fsp3) is 0.0667. The number of hydrogen-bond acceptors (Lipinski definition) is 1. The molecule has 0 radical (unpaired) electrons. The molecule has 0 fully saturated rings. The van der Waals surface area contributed by atoms with Gasteiger partial charge < -0.3 is 18.6 Å². The van der Waals surface area contributed by atoms with Crippen LogP contribution in [-0.4, -0.2) is 13.7 Å². The first-order valence-electron chi connectivity index (χ1n) is 32.9. The van der Waals surface area contributed by atoms with Crippen molar-refractivity contribution in [3.05, 3.63) is 338 Å². The van der Waals surface area contributed by atoms with Gasteiger partial charge in [0.05, 0.1) is 33.1 Å². The predicted molar refractivity (Wildman–Crippen MR) is 396 cm³/mol. The molecule has 444 valence electrons. The first-order valence-corrected chi connectivity index (χ1v) is 32.9. The van der Waals surface area contributed by atoms with E-state index >= 15 is 0 Å². The van der Waals surface area contributed by atoms with E-state index in [4.69, 9.17) is 0 Å². The first kappa shape index (κ1) is 54.1. The standard InChI is InChI=1S/C90H64N4/c1-89(2)79-53-62(61-39-50-88-78(52-61)76-26-14-18-30-86(76)93(88)64-21-9-6-10-22-64)37-45-69(79)70-46-42-66(54-80(70)89)91(67-43-47-71-72-48-44-68(56-82(72)90(3,4)81(71)55-67)94-83-27-15-11-23-73(83)74-24-12-16-28-84(74)94)65-40-35-58(36-41-65)57-31-33-59(34-32-57)60-38-49-87-77(51-60)75-25-13-17-29-85(75)92(87)63-19-7-5-8-20-63/h5-56H,1-4H3. The second kappa shape index (κ2) is 20.4. The van der Waals surface area contributed by atoms with Gasteiger partial charge in [0.25, 0.3) is 0 Å². The van der Waals surface area contributed by atoms with Gasteiger partial charge in [-0.1, -0.05) is 216 Å². The Morgan fingerprint density at radius 2 is 0.511 bits per heavy atom. The molecule has 3 heterocycles. The monoisotopic (exact) mass is 1200 g/mol. The van der Waals surface area contributed by atoms with Gasteiger partial charge in [-0.25, -0.2) is 0 Å². The van der Waals surface area contributed by atoms with Crippen LogP contribution in [0.1, 0.15) is 49.9 Å². The lowest BCUT2D eigenvalue weighted by atomic mass is 9.81. The summed E-state index contributed by atoms with van der Waals surface area (Å²) in [6.07, 6.45) is 0. The lowest BCUT2D eigenvalue weighted by Crippen LogP contribution is -2.18. The lowest BCUT2D eigenvalue weighted by molar-refractivity contribution is 0.659. The molecule has 0 atom stereocenters. The average molecular weight is 1200 g/mol. The Labute approximate surface area is 546 Å². The van der Waals surface area contributed by atoms with Gasteiger partial charge in [-0.15, -0.1) is 0 Å². The van der Waals surface area contributed by atoms with E-state index in [1.807, 2.05) is 0 Å². The summed E-state index contributed by atoms with van der Waals surface area (Å²) in [6, 6.07) is 118. The zero-order valence-electron chi connectivity index (χ0n) is 52.8. The van der Waals surface area contributed by atoms with Crippen LogP contribution in [0.4, 0.5) is 17.1 Å². The van der Waals surface area contributed by atoms with Crippen LogP contribution in [0.15, 0.2) is 315 Å². The normalized spacial score (nSPS) is 13.5. The molecule has 4 heteroatoms. The van der Waals surface area contributed by atoms with Crippen LogP contribution in [0, 0.1) is 0 Å². The van der Waals surface area contributed by atoms with Crippen molar-refractivity contribution in [1.29, 1.82) is 0 Å². The van der Waals surface area contributed by atoms with E-state index in [0.29, 0.717) is 0 Å². The van der Waals surface area contributed by atoms with Crippen molar-refractivity contribution < 1.29 is 0 Å². The third kappa shape index (κ3) is 8.06. The Hall–Kier alpha value is -11.7. The van der Waals surface area contributed by atoms with E-state index in [0.717, 1.165) is 17.1 Å². The minimum atomic E-state index is -0.285. The quantitative estimate of drug-likeness (QED) is 0.141. The molecule has 0 N–H and O–H groups in total. The molecule has 0 saturated carbocycles. The Balaban J connectivity index is 0.691. The molecule has 4 nitrogen and oxygen atoms in total. The van der Waals surface area contributed by atoms with E-state index in [1.54, 1.807) is 0 Å². The average Bonchev–Trinajstić information content (AvgIpc) is 1.57. The molecule has 2 aliphatic carbocycles. The summed E-state index contributed by atoms with van der Waals surface area (Å²) in [5, 5.41) is 7.56. The predicted octanol–water partition coefficient (Wildman–Crippen LogP) is 24.1. The highest BCUT2D eigenvalue weighted by atomic mass is 15.1. The summed E-state index contributed by atoms with van der Waals surface area (Å²) in [7, 11) is 0. The number of nitrogens with zero attached hydrogens (tertiary/aromatic N) is 4. The summed E-state index contributed by atoms with van der Waals surface area (Å²) in [4.78, 5) is 2.49. The smallest absolute Gasteiger partial charge is 0.0541 e. The zero-order valence-corrected chi connectivity index (χ0v) is 52.8. The Morgan fingerprint density at radius 3 is 0.979 bits per heavy atom. The van der Waals surface area contributed by atoms with Crippen LogP contribution in [0.3, 0.4) is 0 Å². The van der Waals surface area contributed by atoms with Crippen molar-refractivity contribution in [3.8, 4) is 72.7 Å². The van der Waals surface area contributed by atoms with Crippen molar-refractivity contribution in [2.75, 3.05) is 4.90 Å². The summed E-state index contributed by atoms with van der Waals surface area (Å²) in [6.45, 7) is 9.65. The van der Waals surface area contributed by atoms with E-state index in [2.05, 4.69) is 362 Å². The number of rotatable bonds is 9. The van der Waals surface area contributed by atoms with Gasteiger partial charge in [0.2, 0.25) is 0 Å². The molecule has 0 amide bonds. The van der Waals surface area contributed by atoms with E-state index < -0.39 is 0 Å². The highest BCUT2D eigenvalue weighted by Crippen LogP contribution is 2.55. The summed E-state index contributed by atoms with van der Waals surface area (Å²) in [5.41, 5.74) is 31.3. The number of aromatic nitrogens is 3. The Kier molecular flexibility index (Phi) is 11.7. The minimum absolute atomic E-state index is 0.283. The fourth-order valence-electron chi connectivity index (χ4n) is 16.4. The third-order valence-electron chi connectivity index (χ3n) is 21.0. The van der Waals surface area contributed by atoms with Crippen LogP contribution >= 0.6 is 0 Å². The number of para-hydroxylation sites is 6. The Bertz CT molecular complexity index is 5900. The molecule has 19 rings (SSSR count).